The van der Waals surface area contributed by atoms with Gasteiger partial charge >= 0.3 is 0 Å². The molecule has 1 heterocycles. The molecule has 1 aliphatic rings. The van der Waals surface area contributed by atoms with Gasteiger partial charge in [-0.15, -0.1) is 11.3 Å². The summed E-state index contributed by atoms with van der Waals surface area (Å²) in [7, 11) is 0. The fraction of sp³-hybridized carbons (Fsp3) is 0.769. The van der Waals surface area contributed by atoms with E-state index in [9.17, 15) is 0 Å². The van der Waals surface area contributed by atoms with Crippen molar-refractivity contribution in [1.29, 1.82) is 0 Å². The molecule has 2 rings (SSSR count). The highest BCUT2D eigenvalue weighted by molar-refractivity contribution is 7.11. The Labute approximate surface area is 102 Å². The van der Waals surface area contributed by atoms with E-state index in [1.165, 1.54) is 28.4 Å². The van der Waals surface area contributed by atoms with Crippen molar-refractivity contribution < 1.29 is 0 Å². The fourth-order valence-electron chi connectivity index (χ4n) is 2.03. The lowest BCUT2D eigenvalue weighted by Gasteiger charge is -2.00. The Hall–Kier alpha value is -0.410. The fourth-order valence-corrected chi connectivity index (χ4v) is 3.38. The third-order valence-corrected chi connectivity index (χ3v) is 4.70. The van der Waals surface area contributed by atoms with E-state index in [0.717, 1.165) is 19.0 Å². The van der Waals surface area contributed by atoms with Gasteiger partial charge in [-0.05, 0) is 31.7 Å². The van der Waals surface area contributed by atoms with Gasteiger partial charge in [-0.25, -0.2) is 4.98 Å². The van der Waals surface area contributed by atoms with Crippen LogP contribution in [0, 0.1) is 12.3 Å². The van der Waals surface area contributed by atoms with Crippen LogP contribution in [0.2, 0.25) is 0 Å². The molecule has 0 spiro atoms. The van der Waals surface area contributed by atoms with Crippen LogP contribution in [-0.4, -0.2) is 11.5 Å². The normalized spacial score (nSPS) is 22.4. The second-order valence-electron chi connectivity index (χ2n) is 5.48. The summed E-state index contributed by atoms with van der Waals surface area (Å²) < 4.78 is 0. The topological polar surface area (TPSA) is 24.9 Å². The number of nitrogens with one attached hydrogen (secondary N) is 1. The number of rotatable bonds is 5. The van der Waals surface area contributed by atoms with Crippen LogP contribution in [0.1, 0.15) is 55.1 Å². The predicted molar refractivity (Wildman–Crippen MR) is 70.0 cm³/mol. The lowest BCUT2D eigenvalue weighted by atomic mass is 10.1. The third kappa shape index (κ3) is 2.46. The zero-order valence-electron chi connectivity index (χ0n) is 10.8. The maximum Gasteiger partial charge on any atom is 0.0967 e. The molecule has 90 valence electrons. The molecule has 0 bridgehead atoms. The molecule has 16 heavy (non-hydrogen) atoms. The van der Waals surface area contributed by atoms with Crippen molar-refractivity contribution >= 4 is 11.3 Å². The number of hydrogen-bond acceptors (Lipinski definition) is 3. The van der Waals surface area contributed by atoms with Crippen molar-refractivity contribution in [3.8, 4) is 0 Å². The summed E-state index contributed by atoms with van der Waals surface area (Å²) in [5, 5.41) is 4.81. The average Bonchev–Trinajstić information content (AvgIpc) is 2.68. The lowest BCUT2D eigenvalue weighted by molar-refractivity contribution is 0.620. The molecule has 2 nitrogen and oxygen atoms in total. The first-order valence-corrected chi connectivity index (χ1v) is 7.03. The Balaban J connectivity index is 1.99. The van der Waals surface area contributed by atoms with Gasteiger partial charge in [-0.1, -0.05) is 20.8 Å². The van der Waals surface area contributed by atoms with E-state index in [0.29, 0.717) is 5.41 Å². The number of aromatic nitrogens is 1. The molecule has 1 aliphatic carbocycles. The average molecular weight is 238 g/mol. The van der Waals surface area contributed by atoms with Gasteiger partial charge in [0.15, 0.2) is 0 Å². The highest BCUT2D eigenvalue weighted by Crippen LogP contribution is 2.59. The number of hydrogen-bond donors (Lipinski definition) is 1. The molecule has 1 unspecified atom stereocenters. The van der Waals surface area contributed by atoms with Crippen molar-refractivity contribution in [3.63, 3.8) is 0 Å². The zero-order valence-corrected chi connectivity index (χ0v) is 11.6. The van der Waals surface area contributed by atoms with Gasteiger partial charge in [0.2, 0.25) is 0 Å². The van der Waals surface area contributed by atoms with Crippen molar-refractivity contribution in [2.24, 2.45) is 5.41 Å². The Morgan fingerprint density at radius 2 is 2.19 bits per heavy atom. The van der Waals surface area contributed by atoms with Crippen LogP contribution in [0.3, 0.4) is 0 Å². The molecule has 1 fully saturated rings. The Morgan fingerprint density at radius 1 is 1.50 bits per heavy atom. The van der Waals surface area contributed by atoms with E-state index in [4.69, 9.17) is 4.98 Å². The molecular formula is C13H22N2S. The van der Waals surface area contributed by atoms with Crippen molar-refractivity contribution in [2.45, 2.75) is 53.0 Å². The summed E-state index contributed by atoms with van der Waals surface area (Å²) in [6.07, 6.45) is 2.50. The molecule has 0 amide bonds. The van der Waals surface area contributed by atoms with Crippen LogP contribution in [-0.2, 0) is 6.54 Å². The molecule has 0 aliphatic heterocycles. The van der Waals surface area contributed by atoms with Crippen LogP contribution in [0.5, 0.6) is 0 Å². The summed E-state index contributed by atoms with van der Waals surface area (Å²) in [6.45, 7) is 11.1. The summed E-state index contributed by atoms with van der Waals surface area (Å²) in [5.41, 5.74) is 1.73. The van der Waals surface area contributed by atoms with E-state index in [-0.39, 0.29) is 0 Å². The predicted octanol–water partition coefficient (Wildman–Crippen LogP) is 3.46. The Bertz CT molecular complexity index is 368. The van der Waals surface area contributed by atoms with Crippen LogP contribution in [0.15, 0.2) is 0 Å². The largest absolute Gasteiger partial charge is 0.312 e. The molecule has 0 saturated heterocycles. The maximum absolute atomic E-state index is 4.73. The van der Waals surface area contributed by atoms with Gasteiger partial charge in [-0.2, -0.15) is 0 Å². The van der Waals surface area contributed by atoms with Gasteiger partial charge in [0.05, 0.1) is 10.7 Å². The lowest BCUT2D eigenvalue weighted by Crippen LogP contribution is -2.13. The monoisotopic (exact) mass is 238 g/mol. The Kier molecular flexibility index (Phi) is 3.36. The SMILES string of the molecule is CCCNCc1sc(C2CC2(C)C)nc1C. The van der Waals surface area contributed by atoms with E-state index >= 15 is 0 Å². The highest BCUT2D eigenvalue weighted by atomic mass is 32.1. The summed E-state index contributed by atoms with van der Waals surface area (Å²) in [5.74, 6) is 0.719. The minimum Gasteiger partial charge on any atom is -0.312 e. The molecule has 1 aromatic rings. The van der Waals surface area contributed by atoms with E-state index in [2.05, 4.69) is 33.0 Å². The molecule has 0 aromatic carbocycles. The van der Waals surface area contributed by atoms with Crippen LogP contribution in [0.4, 0.5) is 0 Å². The van der Waals surface area contributed by atoms with Crippen LogP contribution >= 0.6 is 11.3 Å². The summed E-state index contributed by atoms with van der Waals surface area (Å²) >= 11 is 1.91. The first-order chi connectivity index (χ1) is 7.54. The number of thiazole rings is 1. The van der Waals surface area contributed by atoms with Gasteiger partial charge in [0.25, 0.3) is 0 Å². The van der Waals surface area contributed by atoms with Crippen molar-refractivity contribution in [2.75, 3.05) is 6.54 Å². The van der Waals surface area contributed by atoms with Gasteiger partial charge in [0, 0.05) is 17.3 Å². The van der Waals surface area contributed by atoms with Crippen molar-refractivity contribution in [3.05, 3.63) is 15.6 Å². The molecule has 3 heteroatoms. The van der Waals surface area contributed by atoms with Gasteiger partial charge < -0.3 is 5.32 Å². The first kappa shape index (κ1) is 12.1. The highest BCUT2D eigenvalue weighted by Gasteiger charge is 2.48. The van der Waals surface area contributed by atoms with Crippen LogP contribution in [0.25, 0.3) is 0 Å². The number of nitrogens with zero attached hydrogens (tertiary/aromatic N) is 1. The minimum absolute atomic E-state index is 0.498. The molecule has 1 atom stereocenters. The van der Waals surface area contributed by atoms with Gasteiger partial charge in [0.1, 0.15) is 0 Å². The number of aryl methyl sites for hydroxylation is 1. The van der Waals surface area contributed by atoms with E-state index in [1.807, 2.05) is 11.3 Å². The summed E-state index contributed by atoms with van der Waals surface area (Å²) in [4.78, 5) is 6.15. The zero-order chi connectivity index (χ0) is 11.8. The van der Waals surface area contributed by atoms with E-state index in [1.54, 1.807) is 0 Å². The second kappa shape index (κ2) is 4.46. The van der Waals surface area contributed by atoms with Gasteiger partial charge in [-0.3, -0.25) is 0 Å². The standard InChI is InChI=1S/C13H22N2S/c1-5-6-14-8-11-9(2)15-12(16-11)10-7-13(10,3)4/h10,14H,5-8H2,1-4H3. The quantitative estimate of drug-likeness (QED) is 0.795. The third-order valence-electron chi connectivity index (χ3n) is 3.43. The summed E-state index contributed by atoms with van der Waals surface area (Å²) in [6, 6.07) is 0. The van der Waals surface area contributed by atoms with E-state index < -0.39 is 0 Å². The first-order valence-electron chi connectivity index (χ1n) is 6.21. The smallest absolute Gasteiger partial charge is 0.0967 e. The molecule has 1 aromatic heterocycles. The van der Waals surface area contributed by atoms with Crippen LogP contribution < -0.4 is 5.32 Å². The Morgan fingerprint density at radius 3 is 2.75 bits per heavy atom. The molecule has 0 radical (unpaired) electrons. The second-order valence-corrected chi connectivity index (χ2v) is 6.60. The van der Waals surface area contributed by atoms with Crippen molar-refractivity contribution in [1.82, 2.24) is 10.3 Å². The molecular weight excluding hydrogens is 216 g/mol. The molecule has 1 N–H and O–H groups in total. The molecule has 1 saturated carbocycles. The minimum atomic E-state index is 0.498. The maximum atomic E-state index is 4.73.